The summed E-state index contributed by atoms with van der Waals surface area (Å²) >= 11 is 1.54. The number of aromatic nitrogens is 2. The van der Waals surface area contributed by atoms with E-state index in [1.54, 1.807) is 11.8 Å². The monoisotopic (exact) mass is 486 g/mol. The predicted octanol–water partition coefficient (Wildman–Crippen LogP) is 2.96. The number of carbonyl (C=O) groups excluding carboxylic acids is 2. The van der Waals surface area contributed by atoms with E-state index >= 15 is 0 Å². The third-order valence-electron chi connectivity index (χ3n) is 6.05. The molecule has 1 saturated heterocycles. The average molecular weight is 487 g/mol. The average Bonchev–Trinajstić information content (AvgIpc) is 3.26. The summed E-state index contributed by atoms with van der Waals surface area (Å²) in [6, 6.07) is 8.96. The summed E-state index contributed by atoms with van der Waals surface area (Å²) in [5.41, 5.74) is 0.147. The Morgan fingerprint density at radius 3 is 2.62 bits per heavy atom. The fourth-order valence-corrected chi connectivity index (χ4v) is 5.59. The number of hydrogen-bond acceptors (Lipinski definition) is 5. The molecular formula is C25H34N4O4S. The predicted molar refractivity (Wildman–Crippen MR) is 135 cm³/mol. The fourth-order valence-electron chi connectivity index (χ4n) is 4.14. The van der Waals surface area contributed by atoms with Gasteiger partial charge in [0.1, 0.15) is 18.0 Å². The molecule has 2 amide bonds. The first kappa shape index (κ1) is 25.8. The summed E-state index contributed by atoms with van der Waals surface area (Å²) in [5.74, 6) is -0.0467. The molecule has 1 fully saturated rings. The minimum atomic E-state index is -0.645. The van der Waals surface area contributed by atoms with E-state index in [2.05, 4.69) is 17.2 Å². The molecular weight excluding hydrogens is 452 g/mol. The second-order valence-corrected chi connectivity index (χ2v) is 9.98. The van der Waals surface area contributed by atoms with Crippen molar-refractivity contribution in [2.75, 3.05) is 5.75 Å². The van der Waals surface area contributed by atoms with Crippen LogP contribution in [0.15, 0.2) is 46.1 Å². The largest absolute Gasteiger partial charge is 0.352 e. The van der Waals surface area contributed by atoms with Gasteiger partial charge in [-0.1, -0.05) is 62.9 Å². The molecule has 0 bridgehead atoms. The number of nitrogens with one attached hydrogen (secondary N) is 2. The van der Waals surface area contributed by atoms with Gasteiger partial charge in [-0.2, -0.15) is 0 Å². The lowest BCUT2D eigenvalue weighted by molar-refractivity contribution is -0.140. The highest BCUT2D eigenvalue weighted by Crippen LogP contribution is 2.41. The Bertz CT molecular complexity index is 1100. The number of hydrogen-bond donors (Lipinski definition) is 2. The molecule has 1 aliphatic heterocycles. The van der Waals surface area contributed by atoms with Crippen molar-refractivity contribution in [1.82, 2.24) is 19.8 Å². The van der Waals surface area contributed by atoms with Gasteiger partial charge < -0.3 is 10.2 Å². The Morgan fingerprint density at radius 2 is 1.91 bits per heavy atom. The van der Waals surface area contributed by atoms with E-state index in [1.807, 2.05) is 37.3 Å². The first-order valence-corrected chi connectivity index (χ1v) is 12.9. The Balaban J connectivity index is 1.79. The van der Waals surface area contributed by atoms with Crippen molar-refractivity contribution in [3.8, 4) is 0 Å². The van der Waals surface area contributed by atoms with Gasteiger partial charge in [0.05, 0.1) is 0 Å². The summed E-state index contributed by atoms with van der Waals surface area (Å²) in [5, 5.41) is 2.76. The minimum Gasteiger partial charge on any atom is -0.352 e. The Hall–Kier alpha value is -2.81. The van der Waals surface area contributed by atoms with Crippen molar-refractivity contribution in [2.45, 2.75) is 76.9 Å². The van der Waals surface area contributed by atoms with Crippen molar-refractivity contribution in [2.24, 2.45) is 0 Å². The van der Waals surface area contributed by atoms with E-state index in [9.17, 15) is 19.2 Å². The first-order chi connectivity index (χ1) is 16.3. The lowest BCUT2D eigenvalue weighted by atomic mass is 10.1. The van der Waals surface area contributed by atoms with Gasteiger partial charge in [0, 0.05) is 23.6 Å². The van der Waals surface area contributed by atoms with Crippen LogP contribution in [0.25, 0.3) is 0 Å². The zero-order valence-corrected chi connectivity index (χ0v) is 20.9. The van der Waals surface area contributed by atoms with Gasteiger partial charge in [-0.15, -0.1) is 11.8 Å². The number of carbonyl (C=O) groups is 2. The van der Waals surface area contributed by atoms with Gasteiger partial charge in [0.15, 0.2) is 0 Å². The van der Waals surface area contributed by atoms with Crippen molar-refractivity contribution in [1.29, 1.82) is 0 Å². The standard InChI is InChI=1S/C25H34N4O4S/c1-4-5-6-8-11-18(3)26-23(32)20-16-34-24(19-12-9-7-10-13-19)29(20)21(30)15-28-14-17(2)22(31)27-25(28)33/h7,9-10,12-14,18,20,24H,4-6,8,11,15-16H2,1-3H3,(H,26,32)(H,27,31,33)/t18?,20-,24?/m0/s1. The van der Waals surface area contributed by atoms with Gasteiger partial charge in [-0.3, -0.25) is 23.9 Å². The van der Waals surface area contributed by atoms with E-state index in [0.29, 0.717) is 11.3 Å². The molecule has 0 spiro atoms. The molecule has 0 aliphatic carbocycles. The molecule has 1 aliphatic rings. The molecule has 0 radical (unpaired) electrons. The Labute approximate surface area is 204 Å². The van der Waals surface area contributed by atoms with Crippen molar-refractivity contribution >= 4 is 23.6 Å². The number of aromatic amines is 1. The SMILES string of the molecule is CCCCCCC(C)NC(=O)[C@@H]1CSC(c2ccccc2)N1C(=O)Cn1cc(C)c(=O)[nH]c1=O. The molecule has 8 nitrogen and oxygen atoms in total. The van der Waals surface area contributed by atoms with Crippen LogP contribution in [-0.4, -0.2) is 44.1 Å². The van der Waals surface area contributed by atoms with Crippen molar-refractivity contribution in [3.05, 3.63) is 68.5 Å². The Morgan fingerprint density at radius 1 is 1.18 bits per heavy atom. The second kappa shape index (κ2) is 12.1. The first-order valence-electron chi connectivity index (χ1n) is 11.9. The number of rotatable bonds is 10. The number of benzene rings is 1. The van der Waals surface area contributed by atoms with Crippen LogP contribution in [0.3, 0.4) is 0 Å². The molecule has 3 atom stereocenters. The minimum absolute atomic E-state index is 0.0200. The third kappa shape index (κ3) is 6.40. The smallest absolute Gasteiger partial charge is 0.328 e. The Kier molecular flexibility index (Phi) is 9.15. The molecule has 9 heteroatoms. The van der Waals surface area contributed by atoms with Crippen LogP contribution < -0.4 is 16.6 Å². The molecule has 184 valence electrons. The normalized spacial score (nSPS) is 18.6. The molecule has 2 unspecified atom stereocenters. The zero-order chi connectivity index (χ0) is 24.7. The zero-order valence-electron chi connectivity index (χ0n) is 20.1. The van der Waals surface area contributed by atoms with Crippen LogP contribution in [0.1, 0.15) is 62.5 Å². The second-order valence-electron chi connectivity index (χ2n) is 8.87. The van der Waals surface area contributed by atoms with Gasteiger partial charge in [-0.05, 0) is 25.8 Å². The maximum atomic E-state index is 13.5. The molecule has 2 heterocycles. The maximum Gasteiger partial charge on any atom is 0.328 e. The number of unbranched alkanes of at least 4 members (excludes halogenated alkanes) is 3. The summed E-state index contributed by atoms with van der Waals surface area (Å²) in [7, 11) is 0. The quantitative estimate of drug-likeness (QED) is 0.503. The molecule has 2 N–H and O–H groups in total. The highest BCUT2D eigenvalue weighted by molar-refractivity contribution is 7.99. The van der Waals surface area contributed by atoms with Crippen molar-refractivity contribution in [3.63, 3.8) is 0 Å². The van der Waals surface area contributed by atoms with Crippen molar-refractivity contribution < 1.29 is 9.59 Å². The van der Waals surface area contributed by atoms with E-state index in [-0.39, 0.29) is 29.8 Å². The van der Waals surface area contributed by atoms with E-state index < -0.39 is 17.3 Å². The molecule has 34 heavy (non-hydrogen) atoms. The maximum absolute atomic E-state index is 13.5. The highest BCUT2D eigenvalue weighted by Gasteiger charge is 2.42. The molecule has 2 aromatic rings. The summed E-state index contributed by atoms with van der Waals surface area (Å²) in [6.07, 6.45) is 6.82. The van der Waals surface area contributed by atoms with Crippen LogP contribution in [0, 0.1) is 6.92 Å². The third-order valence-corrected chi connectivity index (χ3v) is 7.37. The molecule has 1 aromatic heterocycles. The van der Waals surface area contributed by atoms with Crippen LogP contribution in [-0.2, 0) is 16.1 Å². The summed E-state index contributed by atoms with van der Waals surface area (Å²) < 4.78 is 1.19. The van der Waals surface area contributed by atoms with Gasteiger partial charge >= 0.3 is 5.69 Å². The van der Waals surface area contributed by atoms with E-state index in [4.69, 9.17) is 0 Å². The van der Waals surface area contributed by atoms with Gasteiger partial charge in [-0.25, -0.2) is 4.79 Å². The number of amides is 2. The van der Waals surface area contributed by atoms with Crippen LogP contribution in [0.4, 0.5) is 0 Å². The summed E-state index contributed by atoms with van der Waals surface area (Å²) in [6.45, 7) is 5.49. The van der Waals surface area contributed by atoms with Crippen LogP contribution in [0.5, 0.6) is 0 Å². The number of thioether (sulfide) groups is 1. The topological polar surface area (TPSA) is 104 Å². The van der Waals surface area contributed by atoms with Crippen LogP contribution in [0.2, 0.25) is 0 Å². The van der Waals surface area contributed by atoms with Gasteiger partial charge in [0.2, 0.25) is 11.8 Å². The number of aryl methyl sites for hydroxylation is 1. The number of nitrogens with zero attached hydrogens (tertiary/aromatic N) is 2. The van der Waals surface area contributed by atoms with Crippen LogP contribution >= 0.6 is 11.8 Å². The number of H-pyrrole nitrogens is 1. The van der Waals surface area contributed by atoms with E-state index in [1.165, 1.54) is 28.9 Å². The highest BCUT2D eigenvalue weighted by atomic mass is 32.2. The summed E-state index contributed by atoms with van der Waals surface area (Å²) in [4.78, 5) is 54.5. The molecule has 0 saturated carbocycles. The molecule has 1 aromatic carbocycles. The lowest BCUT2D eigenvalue weighted by Gasteiger charge is -2.30. The van der Waals surface area contributed by atoms with Gasteiger partial charge in [0.25, 0.3) is 5.56 Å². The van der Waals surface area contributed by atoms with E-state index in [0.717, 1.165) is 31.2 Å². The lowest BCUT2D eigenvalue weighted by Crippen LogP contribution is -2.51. The fraction of sp³-hybridized carbons (Fsp3) is 0.520. The molecule has 3 rings (SSSR count).